The van der Waals surface area contributed by atoms with Gasteiger partial charge in [-0.15, -0.1) is 0 Å². The minimum Gasteiger partial charge on any atom is -0.491 e. The van der Waals surface area contributed by atoms with Gasteiger partial charge in [0.05, 0.1) is 25.4 Å². The Morgan fingerprint density at radius 2 is 1.94 bits per heavy atom. The van der Waals surface area contributed by atoms with Crippen LogP contribution in [0, 0.1) is 0 Å². The molecule has 3 nitrogen and oxygen atoms in total. The lowest BCUT2D eigenvalue weighted by Gasteiger charge is -2.37. The summed E-state index contributed by atoms with van der Waals surface area (Å²) in [6.07, 6.45) is 0.214. The van der Waals surface area contributed by atoms with Crippen molar-refractivity contribution in [3.05, 3.63) is 29.8 Å². The topological polar surface area (TPSA) is 30.5 Å². The highest BCUT2D eigenvalue weighted by molar-refractivity contribution is 5.29. The van der Waals surface area contributed by atoms with Crippen LogP contribution < -0.4 is 10.1 Å². The predicted octanol–water partition coefficient (Wildman–Crippen LogP) is 2.91. The van der Waals surface area contributed by atoms with Crippen molar-refractivity contribution in [3.63, 3.8) is 0 Å². The average Bonchev–Trinajstić information content (AvgIpc) is 2.28. The third-order valence-corrected chi connectivity index (χ3v) is 2.97. The van der Waals surface area contributed by atoms with E-state index in [1.807, 2.05) is 26.0 Å². The molecule has 1 aromatic carbocycles. The highest BCUT2D eigenvalue weighted by Crippen LogP contribution is 2.24. The maximum atomic E-state index is 5.65. The molecule has 100 valence electrons. The normalized spacial score (nSPS) is 23.1. The van der Waals surface area contributed by atoms with Crippen molar-refractivity contribution in [3.8, 4) is 5.75 Å². The predicted molar refractivity (Wildman–Crippen MR) is 73.0 cm³/mol. The van der Waals surface area contributed by atoms with Crippen LogP contribution in [0.1, 0.15) is 39.3 Å². The molecule has 0 bridgehead atoms. The van der Waals surface area contributed by atoms with Gasteiger partial charge in [0.2, 0.25) is 0 Å². The Bertz CT molecular complexity index is 384. The molecule has 0 saturated carbocycles. The Balaban J connectivity index is 2.05. The van der Waals surface area contributed by atoms with Crippen LogP contribution in [0.3, 0.4) is 0 Å². The second kappa shape index (κ2) is 5.29. The van der Waals surface area contributed by atoms with E-state index in [2.05, 4.69) is 31.3 Å². The molecule has 1 aliphatic heterocycles. The van der Waals surface area contributed by atoms with E-state index in [9.17, 15) is 0 Å². The Labute approximate surface area is 109 Å². The number of nitrogens with one attached hydrogen (secondary N) is 1. The summed E-state index contributed by atoms with van der Waals surface area (Å²) in [5, 5.41) is 3.60. The minimum atomic E-state index is 0.0377. The summed E-state index contributed by atoms with van der Waals surface area (Å²) in [4.78, 5) is 0. The lowest BCUT2D eigenvalue weighted by atomic mass is 9.99. The fraction of sp³-hybridized carbons (Fsp3) is 0.600. The molecule has 1 heterocycles. The maximum Gasteiger partial charge on any atom is 0.119 e. The van der Waals surface area contributed by atoms with Gasteiger partial charge in [0, 0.05) is 5.54 Å². The zero-order chi connectivity index (χ0) is 13.2. The zero-order valence-corrected chi connectivity index (χ0v) is 11.7. The third kappa shape index (κ3) is 3.47. The molecule has 3 heteroatoms. The molecule has 0 spiro atoms. The first kappa shape index (κ1) is 13.4. The first-order chi connectivity index (χ1) is 8.46. The van der Waals surface area contributed by atoms with Gasteiger partial charge in [0.1, 0.15) is 5.75 Å². The number of hydrogen-bond donors (Lipinski definition) is 1. The molecule has 1 aromatic rings. The lowest BCUT2D eigenvalue weighted by Crippen LogP contribution is -2.51. The molecule has 0 radical (unpaired) electrons. The maximum absolute atomic E-state index is 5.65. The van der Waals surface area contributed by atoms with E-state index in [1.165, 1.54) is 5.56 Å². The van der Waals surface area contributed by atoms with Crippen molar-refractivity contribution < 1.29 is 9.47 Å². The standard InChI is InChI=1S/C15H23NO2/c1-11(2)18-13-7-5-12(6-8-13)14-9-17-10-15(3,4)16-14/h5-8,11,14,16H,9-10H2,1-4H3. The van der Waals surface area contributed by atoms with Crippen molar-refractivity contribution in [2.45, 2.75) is 45.4 Å². The number of rotatable bonds is 3. The van der Waals surface area contributed by atoms with Crippen LogP contribution in [0.15, 0.2) is 24.3 Å². The highest BCUT2D eigenvalue weighted by atomic mass is 16.5. The number of hydrogen-bond acceptors (Lipinski definition) is 3. The van der Waals surface area contributed by atoms with E-state index in [-0.39, 0.29) is 17.7 Å². The molecule has 1 saturated heterocycles. The third-order valence-electron chi connectivity index (χ3n) is 2.97. The second-order valence-corrected chi connectivity index (χ2v) is 5.83. The van der Waals surface area contributed by atoms with E-state index < -0.39 is 0 Å². The van der Waals surface area contributed by atoms with Gasteiger partial charge in [0.15, 0.2) is 0 Å². The smallest absolute Gasteiger partial charge is 0.119 e. The summed E-state index contributed by atoms with van der Waals surface area (Å²) < 4.78 is 11.3. The molecular formula is C15H23NO2. The first-order valence-corrected chi connectivity index (χ1v) is 6.58. The summed E-state index contributed by atoms with van der Waals surface area (Å²) in [5.74, 6) is 0.921. The number of benzene rings is 1. The van der Waals surface area contributed by atoms with Gasteiger partial charge in [-0.1, -0.05) is 12.1 Å². The van der Waals surface area contributed by atoms with E-state index in [4.69, 9.17) is 9.47 Å². The van der Waals surface area contributed by atoms with Crippen molar-refractivity contribution in [1.29, 1.82) is 0 Å². The fourth-order valence-electron chi connectivity index (χ4n) is 2.22. The van der Waals surface area contributed by atoms with Crippen molar-refractivity contribution in [1.82, 2.24) is 5.32 Å². The molecule has 0 aromatic heterocycles. The summed E-state index contributed by atoms with van der Waals surface area (Å²) in [5.41, 5.74) is 1.29. The van der Waals surface area contributed by atoms with Gasteiger partial charge in [-0.25, -0.2) is 0 Å². The average molecular weight is 249 g/mol. The number of ether oxygens (including phenoxy) is 2. The zero-order valence-electron chi connectivity index (χ0n) is 11.7. The summed E-state index contributed by atoms with van der Waals surface area (Å²) in [7, 11) is 0. The van der Waals surface area contributed by atoms with Crippen LogP contribution in [0.4, 0.5) is 0 Å². The van der Waals surface area contributed by atoms with Crippen LogP contribution in [0.25, 0.3) is 0 Å². The van der Waals surface area contributed by atoms with Crippen molar-refractivity contribution in [2.24, 2.45) is 0 Å². The second-order valence-electron chi connectivity index (χ2n) is 5.83. The molecule has 2 rings (SSSR count). The molecule has 1 aliphatic rings. The van der Waals surface area contributed by atoms with Gasteiger partial charge in [-0.2, -0.15) is 0 Å². The van der Waals surface area contributed by atoms with E-state index in [1.54, 1.807) is 0 Å². The Morgan fingerprint density at radius 1 is 1.28 bits per heavy atom. The van der Waals surface area contributed by atoms with Gasteiger partial charge >= 0.3 is 0 Å². The van der Waals surface area contributed by atoms with Crippen molar-refractivity contribution in [2.75, 3.05) is 13.2 Å². The van der Waals surface area contributed by atoms with Gasteiger partial charge < -0.3 is 14.8 Å². The molecule has 0 aliphatic carbocycles. The first-order valence-electron chi connectivity index (χ1n) is 6.58. The summed E-state index contributed by atoms with van der Waals surface area (Å²) in [6, 6.07) is 8.54. The van der Waals surface area contributed by atoms with Gasteiger partial charge in [0.25, 0.3) is 0 Å². The fourth-order valence-corrected chi connectivity index (χ4v) is 2.22. The SMILES string of the molecule is CC(C)Oc1ccc(C2COCC(C)(C)N2)cc1. The molecule has 1 unspecified atom stereocenters. The minimum absolute atomic E-state index is 0.0377. The Hall–Kier alpha value is -1.06. The largest absolute Gasteiger partial charge is 0.491 e. The van der Waals surface area contributed by atoms with Gasteiger partial charge in [-0.3, -0.25) is 0 Å². The molecule has 1 atom stereocenters. The Morgan fingerprint density at radius 3 is 2.50 bits per heavy atom. The van der Waals surface area contributed by atoms with Crippen molar-refractivity contribution >= 4 is 0 Å². The molecular weight excluding hydrogens is 226 g/mol. The van der Waals surface area contributed by atoms with Crippen LogP contribution in [-0.4, -0.2) is 24.9 Å². The van der Waals surface area contributed by atoms with Crippen LogP contribution in [0.5, 0.6) is 5.75 Å². The number of morpholine rings is 1. The monoisotopic (exact) mass is 249 g/mol. The molecule has 18 heavy (non-hydrogen) atoms. The van der Waals surface area contributed by atoms with Gasteiger partial charge in [-0.05, 0) is 45.4 Å². The summed E-state index contributed by atoms with van der Waals surface area (Å²) >= 11 is 0. The van der Waals surface area contributed by atoms with E-state index >= 15 is 0 Å². The van der Waals surface area contributed by atoms with Crippen LogP contribution in [0.2, 0.25) is 0 Å². The quantitative estimate of drug-likeness (QED) is 0.893. The van der Waals surface area contributed by atoms with Crippen LogP contribution in [-0.2, 0) is 4.74 Å². The Kier molecular flexibility index (Phi) is 3.93. The van der Waals surface area contributed by atoms with E-state index in [0.29, 0.717) is 0 Å². The lowest BCUT2D eigenvalue weighted by molar-refractivity contribution is 0.0127. The molecule has 0 amide bonds. The summed E-state index contributed by atoms with van der Waals surface area (Å²) in [6.45, 7) is 9.89. The molecule has 1 fully saturated rings. The molecule has 1 N–H and O–H groups in total. The van der Waals surface area contributed by atoms with Crippen LogP contribution >= 0.6 is 0 Å². The highest BCUT2D eigenvalue weighted by Gasteiger charge is 2.28. The van der Waals surface area contributed by atoms with E-state index in [0.717, 1.165) is 19.0 Å².